The van der Waals surface area contributed by atoms with E-state index in [2.05, 4.69) is 10.3 Å². The monoisotopic (exact) mass is 274 g/mol. The second-order valence-electron chi connectivity index (χ2n) is 3.80. The van der Waals surface area contributed by atoms with Crippen LogP contribution in [0.15, 0.2) is 18.5 Å². The van der Waals surface area contributed by atoms with Crippen molar-refractivity contribution in [3.8, 4) is 0 Å². The number of hydrogen-bond acceptors (Lipinski definition) is 3. The molecule has 94 valence electrons. The summed E-state index contributed by atoms with van der Waals surface area (Å²) < 4.78 is 10.9. The minimum Gasteiger partial charge on any atom is -0.349 e. The summed E-state index contributed by atoms with van der Waals surface area (Å²) in [7, 11) is -0.840. The summed E-state index contributed by atoms with van der Waals surface area (Å²) in [6.45, 7) is 1.87. The van der Waals surface area contributed by atoms with Crippen LogP contribution in [0.3, 0.4) is 0 Å². The average Bonchev–Trinajstić information content (AvgIpc) is 2.26. The first-order valence-corrected chi connectivity index (χ1v) is 7.31. The van der Waals surface area contributed by atoms with E-state index in [1.54, 1.807) is 12.3 Å². The van der Waals surface area contributed by atoms with Crippen molar-refractivity contribution in [2.24, 2.45) is 0 Å². The first-order chi connectivity index (χ1) is 8.00. The van der Waals surface area contributed by atoms with E-state index < -0.39 is 10.8 Å². The summed E-state index contributed by atoms with van der Waals surface area (Å²) in [6.07, 6.45) is 5.28. The lowest BCUT2D eigenvalue weighted by molar-refractivity contribution is 0.0939. The van der Waals surface area contributed by atoms with Gasteiger partial charge in [0.2, 0.25) is 0 Å². The third kappa shape index (κ3) is 4.83. The number of carbonyl (C=O) groups excluding carboxylic acids is 1. The Morgan fingerprint density at radius 1 is 1.65 bits per heavy atom. The first kappa shape index (κ1) is 14.1. The number of nitrogens with zero attached hydrogens (tertiary/aromatic N) is 1. The predicted octanol–water partition coefficient (Wildman–Crippen LogP) is 1.62. The second-order valence-corrected chi connectivity index (χ2v) is 5.76. The number of aromatic nitrogens is 1. The maximum absolute atomic E-state index is 11.8. The molecule has 6 heteroatoms. The highest BCUT2D eigenvalue weighted by atomic mass is 35.5. The van der Waals surface area contributed by atoms with Gasteiger partial charge in [-0.25, -0.2) is 0 Å². The van der Waals surface area contributed by atoms with Gasteiger partial charge in [0, 0.05) is 41.2 Å². The van der Waals surface area contributed by atoms with Crippen molar-refractivity contribution in [3.63, 3.8) is 0 Å². The Morgan fingerprint density at radius 2 is 2.35 bits per heavy atom. The average molecular weight is 275 g/mol. The van der Waals surface area contributed by atoms with Gasteiger partial charge in [0.05, 0.1) is 10.6 Å². The summed E-state index contributed by atoms with van der Waals surface area (Å²) >= 11 is 5.88. The van der Waals surface area contributed by atoms with Gasteiger partial charge < -0.3 is 5.32 Å². The van der Waals surface area contributed by atoms with Crippen LogP contribution in [0.25, 0.3) is 0 Å². The summed E-state index contributed by atoms with van der Waals surface area (Å²) in [5.74, 6) is 0.319. The van der Waals surface area contributed by atoms with Gasteiger partial charge in [0.25, 0.3) is 5.91 Å². The Morgan fingerprint density at radius 3 is 2.94 bits per heavy atom. The van der Waals surface area contributed by atoms with Gasteiger partial charge >= 0.3 is 0 Å². The fourth-order valence-corrected chi connectivity index (χ4v) is 2.14. The van der Waals surface area contributed by atoms with Crippen LogP contribution in [0.5, 0.6) is 0 Å². The molecule has 2 unspecified atom stereocenters. The third-order valence-electron chi connectivity index (χ3n) is 2.23. The number of carbonyl (C=O) groups is 1. The molecule has 1 heterocycles. The van der Waals surface area contributed by atoms with Gasteiger partial charge in [-0.2, -0.15) is 0 Å². The first-order valence-electron chi connectivity index (χ1n) is 5.21. The van der Waals surface area contributed by atoms with Crippen molar-refractivity contribution in [3.05, 3.63) is 29.0 Å². The van der Waals surface area contributed by atoms with Crippen LogP contribution in [0.4, 0.5) is 0 Å². The van der Waals surface area contributed by atoms with Crippen molar-refractivity contribution in [1.29, 1.82) is 0 Å². The zero-order valence-corrected chi connectivity index (χ0v) is 11.3. The topological polar surface area (TPSA) is 59.1 Å². The van der Waals surface area contributed by atoms with Crippen LogP contribution in [0.1, 0.15) is 23.7 Å². The van der Waals surface area contributed by atoms with E-state index in [4.69, 9.17) is 11.6 Å². The molecule has 1 aromatic rings. The molecule has 0 aliphatic heterocycles. The molecule has 0 aliphatic carbocycles. The normalized spacial score (nSPS) is 14.1. The summed E-state index contributed by atoms with van der Waals surface area (Å²) in [4.78, 5) is 15.7. The lowest BCUT2D eigenvalue weighted by Gasteiger charge is -2.13. The number of halogens is 1. The van der Waals surface area contributed by atoms with E-state index in [1.165, 1.54) is 12.4 Å². The van der Waals surface area contributed by atoms with Crippen molar-refractivity contribution in [1.82, 2.24) is 10.3 Å². The lowest BCUT2D eigenvalue weighted by Crippen LogP contribution is -2.33. The number of hydrogen-bond donors (Lipinski definition) is 1. The van der Waals surface area contributed by atoms with Crippen molar-refractivity contribution in [2.45, 2.75) is 19.4 Å². The summed E-state index contributed by atoms with van der Waals surface area (Å²) in [5.41, 5.74) is 0.360. The Balaban J connectivity index is 2.55. The van der Waals surface area contributed by atoms with Gasteiger partial charge in [0.1, 0.15) is 0 Å². The molecule has 0 aromatic carbocycles. The smallest absolute Gasteiger partial charge is 0.254 e. The molecule has 0 aliphatic rings. The van der Waals surface area contributed by atoms with Gasteiger partial charge in [-0.05, 0) is 19.4 Å². The molecule has 4 nitrogen and oxygen atoms in total. The molecule has 1 N–H and O–H groups in total. The molecule has 1 amide bonds. The summed E-state index contributed by atoms with van der Waals surface area (Å²) in [5, 5.41) is 3.17. The predicted molar refractivity (Wildman–Crippen MR) is 69.7 cm³/mol. The minimum absolute atomic E-state index is 0.0392. The highest BCUT2D eigenvalue weighted by molar-refractivity contribution is 7.84. The molecule has 0 fully saturated rings. The molecule has 1 aromatic heterocycles. The largest absolute Gasteiger partial charge is 0.349 e. The maximum Gasteiger partial charge on any atom is 0.254 e. The minimum atomic E-state index is -0.840. The fourth-order valence-electron chi connectivity index (χ4n) is 1.26. The van der Waals surface area contributed by atoms with Crippen LogP contribution in [0, 0.1) is 0 Å². The molecule has 0 bridgehead atoms. The van der Waals surface area contributed by atoms with E-state index >= 15 is 0 Å². The maximum atomic E-state index is 11.8. The van der Waals surface area contributed by atoms with Gasteiger partial charge in [0.15, 0.2) is 0 Å². The summed E-state index contributed by atoms with van der Waals surface area (Å²) in [6, 6.07) is 1.53. The highest BCUT2D eigenvalue weighted by Gasteiger charge is 2.13. The van der Waals surface area contributed by atoms with Crippen molar-refractivity contribution < 1.29 is 9.00 Å². The number of pyridine rings is 1. The van der Waals surface area contributed by atoms with E-state index in [0.717, 1.165) is 0 Å². The standard InChI is InChI=1S/C11H15ClN2O2S/c1-8(4-6-17(2)16)14-11(15)9-7-13-5-3-10(9)12/h3,5,7-8H,4,6H2,1-2H3,(H,14,15). The van der Waals surface area contributed by atoms with Crippen LogP contribution in [-0.4, -0.2) is 33.2 Å². The molecule has 17 heavy (non-hydrogen) atoms. The Labute approximate surface area is 108 Å². The zero-order valence-electron chi connectivity index (χ0n) is 9.77. The van der Waals surface area contributed by atoms with Crippen LogP contribution in [0.2, 0.25) is 5.02 Å². The molecule has 0 spiro atoms. The van der Waals surface area contributed by atoms with Gasteiger partial charge in [-0.1, -0.05) is 11.6 Å². The second kappa shape index (κ2) is 6.71. The van der Waals surface area contributed by atoms with E-state index in [-0.39, 0.29) is 11.9 Å². The molecule has 0 radical (unpaired) electrons. The Bertz CT molecular complexity index is 426. The van der Waals surface area contributed by atoms with Crippen LogP contribution < -0.4 is 5.32 Å². The van der Waals surface area contributed by atoms with E-state index in [0.29, 0.717) is 22.8 Å². The third-order valence-corrected chi connectivity index (χ3v) is 3.37. The van der Waals surface area contributed by atoms with Crippen LogP contribution >= 0.6 is 11.6 Å². The molecule has 0 saturated heterocycles. The van der Waals surface area contributed by atoms with E-state index in [9.17, 15) is 9.00 Å². The van der Waals surface area contributed by atoms with Gasteiger partial charge in [-0.15, -0.1) is 0 Å². The number of amides is 1. The number of rotatable bonds is 5. The quantitative estimate of drug-likeness (QED) is 0.888. The number of nitrogens with one attached hydrogen (secondary N) is 1. The van der Waals surface area contributed by atoms with Crippen molar-refractivity contribution in [2.75, 3.05) is 12.0 Å². The van der Waals surface area contributed by atoms with Crippen molar-refractivity contribution >= 4 is 28.3 Å². The lowest BCUT2D eigenvalue weighted by atomic mass is 10.2. The van der Waals surface area contributed by atoms with E-state index in [1.807, 2.05) is 6.92 Å². The fraction of sp³-hybridized carbons (Fsp3) is 0.455. The van der Waals surface area contributed by atoms with Crippen LogP contribution in [-0.2, 0) is 10.8 Å². The SMILES string of the molecule is CC(CCS(C)=O)NC(=O)c1cnccc1Cl. The van der Waals surface area contributed by atoms with Gasteiger partial charge in [-0.3, -0.25) is 14.0 Å². The Kier molecular flexibility index (Phi) is 5.58. The molecule has 2 atom stereocenters. The Hall–Kier alpha value is -0.940. The zero-order chi connectivity index (χ0) is 12.8. The molecule has 0 saturated carbocycles. The molecular weight excluding hydrogens is 260 g/mol. The highest BCUT2D eigenvalue weighted by Crippen LogP contribution is 2.13. The molecule has 1 rings (SSSR count). The molecular formula is C11H15ClN2O2S.